The number of nitrogens with zero attached hydrogens (tertiary/aromatic N) is 3. The van der Waals surface area contributed by atoms with Crippen LogP contribution in [0.5, 0.6) is 0 Å². The van der Waals surface area contributed by atoms with Crippen molar-refractivity contribution in [3.8, 4) is 0 Å². The Kier molecular flexibility index (Phi) is 3.24. The number of rotatable bonds is 2. The van der Waals surface area contributed by atoms with E-state index in [1.165, 1.54) is 25.7 Å². The third kappa shape index (κ3) is 1.97. The molecule has 0 bridgehead atoms. The van der Waals surface area contributed by atoms with Gasteiger partial charge in [-0.15, -0.1) is 10.2 Å². The fourth-order valence-electron chi connectivity index (χ4n) is 2.81. The number of aryl methyl sites for hydroxylation is 1. The molecule has 3 nitrogen and oxygen atoms in total. The van der Waals surface area contributed by atoms with E-state index in [1.807, 2.05) is 0 Å². The second-order valence-electron chi connectivity index (χ2n) is 5.36. The Morgan fingerprint density at radius 2 is 2.12 bits per heavy atom. The number of hydrogen-bond acceptors (Lipinski definition) is 2. The molecule has 0 N–H and O–H groups in total. The van der Waals surface area contributed by atoms with Crippen LogP contribution in [-0.4, -0.2) is 14.8 Å². The summed E-state index contributed by atoms with van der Waals surface area (Å²) in [6, 6.07) is 0.457. The summed E-state index contributed by atoms with van der Waals surface area (Å²) in [7, 11) is 0. The third-order valence-electron chi connectivity index (χ3n) is 3.80. The molecule has 1 saturated carbocycles. The maximum absolute atomic E-state index is 6.17. The van der Waals surface area contributed by atoms with Crippen molar-refractivity contribution < 1.29 is 0 Å². The second kappa shape index (κ2) is 4.36. The monoisotopic (exact) mass is 241 g/mol. The lowest BCUT2D eigenvalue weighted by atomic mass is 9.73. The normalized spacial score (nSPS) is 24.6. The summed E-state index contributed by atoms with van der Waals surface area (Å²) in [6.45, 7) is 6.76. The van der Waals surface area contributed by atoms with Crippen molar-refractivity contribution >= 4 is 11.6 Å². The zero-order valence-corrected chi connectivity index (χ0v) is 11.1. The van der Waals surface area contributed by atoms with E-state index >= 15 is 0 Å². The van der Waals surface area contributed by atoms with Gasteiger partial charge in [0.05, 0.1) is 0 Å². The van der Waals surface area contributed by atoms with Crippen molar-refractivity contribution in [3.05, 3.63) is 11.1 Å². The molecule has 16 heavy (non-hydrogen) atoms. The fourth-order valence-corrected chi connectivity index (χ4v) is 3.06. The van der Waals surface area contributed by atoms with Crippen LogP contribution in [0, 0.1) is 5.41 Å². The van der Waals surface area contributed by atoms with Gasteiger partial charge in [0.1, 0.15) is 5.82 Å². The Morgan fingerprint density at radius 3 is 2.75 bits per heavy atom. The van der Waals surface area contributed by atoms with E-state index in [2.05, 4.69) is 35.5 Å². The minimum atomic E-state index is 0.300. The lowest BCUT2D eigenvalue weighted by Gasteiger charge is -2.40. The Morgan fingerprint density at radius 1 is 1.38 bits per heavy atom. The summed E-state index contributed by atoms with van der Waals surface area (Å²) in [6.07, 6.45) is 5.95. The van der Waals surface area contributed by atoms with Crippen molar-refractivity contribution in [1.82, 2.24) is 14.8 Å². The minimum Gasteiger partial charge on any atom is -0.298 e. The van der Waals surface area contributed by atoms with Crippen LogP contribution in [0.15, 0.2) is 0 Å². The molecule has 0 aliphatic heterocycles. The molecule has 0 saturated heterocycles. The van der Waals surface area contributed by atoms with Crippen molar-refractivity contribution in [3.63, 3.8) is 0 Å². The maximum atomic E-state index is 6.17. The molecule has 1 aromatic rings. The standard InChI is InChI=1S/C12H20ClN3/c1-4-10-14-15-11(13)16(10)9-7-5-6-8-12(9,2)3/h9H,4-8H2,1-3H3. The number of aromatic nitrogens is 3. The zero-order valence-electron chi connectivity index (χ0n) is 10.3. The van der Waals surface area contributed by atoms with Crippen LogP contribution in [0.3, 0.4) is 0 Å². The van der Waals surface area contributed by atoms with Gasteiger partial charge in [-0.2, -0.15) is 0 Å². The molecule has 1 fully saturated rings. The Bertz CT molecular complexity index is 370. The topological polar surface area (TPSA) is 30.7 Å². The highest BCUT2D eigenvalue weighted by molar-refractivity contribution is 6.28. The quantitative estimate of drug-likeness (QED) is 0.792. The predicted molar refractivity (Wildman–Crippen MR) is 65.7 cm³/mol. The van der Waals surface area contributed by atoms with Crippen LogP contribution >= 0.6 is 11.6 Å². The average molecular weight is 242 g/mol. The first-order valence-electron chi connectivity index (χ1n) is 6.15. The highest BCUT2D eigenvalue weighted by Gasteiger charge is 2.35. The van der Waals surface area contributed by atoms with E-state index in [0.717, 1.165) is 12.2 Å². The van der Waals surface area contributed by atoms with Gasteiger partial charge < -0.3 is 0 Å². The highest BCUT2D eigenvalue weighted by Crippen LogP contribution is 2.45. The van der Waals surface area contributed by atoms with Crippen molar-refractivity contribution in [1.29, 1.82) is 0 Å². The summed E-state index contributed by atoms with van der Waals surface area (Å²) in [5, 5.41) is 8.72. The SMILES string of the molecule is CCc1nnc(Cl)n1C1CCCCC1(C)C. The molecule has 4 heteroatoms. The second-order valence-corrected chi connectivity index (χ2v) is 5.70. The molecule has 90 valence electrons. The van der Waals surface area contributed by atoms with Gasteiger partial charge in [0.15, 0.2) is 0 Å². The molecule has 0 aromatic carbocycles. The summed E-state index contributed by atoms with van der Waals surface area (Å²) in [5.41, 5.74) is 0.300. The van der Waals surface area contributed by atoms with Crippen LogP contribution in [0.25, 0.3) is 0 Å². The Hall–Kier alpha value is -0.570. The van der Waals surface area contributed by atoms with E-state index < -0.39 is 0 Å². The van der Waals surface area contributed by atoms with Gasteiger partial charge in [-0.25, -0.2) is 0 Å². The van der Waals surface area contributed by atoms with Crippen molar-refractivity contribution in [2.75, 3.05) is 0 Å². The molecule has 2 rings (SSSR count). The van der Waals surface area contributed by atoms with Gasteiger partial charge in [-0.05, 0) is 29.9 Å². The summed E-state index contributed by atoms with van der Waals surface area (Å²) >= 11 is 6.17. The van der Waals surface area contributed by atoms with E-state index in [1.54, 1.807) is 0 Å². The van der Waals surface area contributed by atoms with E-state index in [9.17, 15) is 0 Å². The number of halogens is 1. The predicted octanol–water partition coefficient (Wildman–Crippen LogP) is 3.64. The van der Waals surface area contributed by atoms with Crippen molar-refractivity contribution in [2.45, 2.75) is 58.9 Å². The fraction of sp³-hybridized carbons (Fsp3) is 0.833. The van der Waals surface area contributed by atoms with Gasteiger partial charge in [0, 0.05) is 12.5 Å². The first-order chi connectivity index (χ1) is 7.56. The van der Waals surface area contributed by atoms with Gasteiger partial charge in [-0.3, -0.25) is 4.57 Å². The summed E-state index contributed by atoms with van der Waals surface area (Å²) < 4.78 is 2.15. The molecule has 1 heterocycles. The van der Waals surface area contributed by atoms with E-state index in [0.29, 0.717) is 16.7 Å². The van der Waals surface area contributed by atoms with Gasteiger partial charge in [0.25, 0.3) is 0 Å². The lowest BCUT2D eigenvalue weighted by Crippen LogP contribution is -2.31. The van der Waals surface area contributed by atoms with Gasteiger partial charge in [-0.1, -0.05) is 33.6 Å². The molecule has 0 amide bonds. The van der Waals surface area contributed by atoms with Crippen LogP contribution in [0.1, 0.15) is 58.3 Å². The third-order valence-corrected chi connectivity index (χ3v) is 4.06. The van der Waals surface area contributed by atoms with Crippen LogP contribution < -0.4 is 0 Å². The molecule has 1 aliphatic rings. The Labute approximate surface area is 102 Å². The van der Waals surface area contributed by atoms with Crippen LogP contribution in [0.4, 0.5) is 0 Å². The molecule has 1 atom stereocenters. The molecular formula is C12H20ClN3. The molecule has 1 aromatic heterocycles. The van der Waals surface area contributed by atoms with Gasteiger partial charge in [0.2, 0.25) is 5.28 Å². The van der Waals surface area contributed by atoms with Crippen LogP contribution in [-0.2, 0) is 6.42 Å². The largest absolute Gasteiger partial charge is 0.298 e. The van der Waals surface area contributed by atoms with Crippen LogP contribution in [0.2, 0.25) is 5.28 Å². The minimum absolute atomic E-state index is 0.300. The van der Waals surface area contributed by atoms with Crippen molar-refractivity contribution in [2.24, 2.45) is 5.41 Å². The molecule has 0 radical (unpaired) electrons. The Balaban J connectivity index is 2.38. The number of hydrogen-bond donors (Lipinski definition) is 0. The highest BCUT2D eigenvalue weighted by atomic mass is 35.5. The molecule has 1 unspecified atom stereocenters. The first kappa shape index (κ1) is 11.9. The summed E-state index contributed by atoms with van der Waals surface area (Å²) in [4.78, 5) is 0. The molecule has 0 spiro atoms. The lowest BCUT2D eigenvalue weighted by molar-refractivity contribution is 0.141. The van der Waals surface area contributed by atoms with E-state index in [4.69, 9.17) is 11.6 Å². The average Bonchev–Trinajstić information content (AvgIpc) is 2.59. The zero-order chi connectivity index (χ0) is 11.8. The summed E-state index contributed by atoms with van der Waals surface area (Å²) in [5.74, 6) is 1.02. The first-order valence-corrected chi connectivity index (χ1v) is 6.53. The maximum Gasteiger partial charge on any atom is 0.225 e. The van der Waals surface area contributed by atoms with E-state index in [-0.39, 0.29) is 0 Å². The van der Waals surface area contributed by atoms with Gasteiger partial charge >= 0.3 is 0 Å². The molecule has 1 aliphatic carbocycles. The molecular weight excluding hydrogens is 222 g/mol. The smallest absolute Gasteiger partial charge is 0.225 e.